The van der Waals surface area contributed by atoms with E-state index in [4.69, 9.17) is 11.5 Å². The van der Waals surface area contributed by atoms with E-state index in [1.807, 2.05) is 24.3 Å². The summed E-state index contributed by atoms with van der Waals surface area (Å²) in [6, 6.07) is 7.91. The Hall–Kier alpha value is -1.53. The predicted molar refractivity (Wildman–Crippen MR) is 75.7 cm³/mol. The van der Waals surface area contributed by atoms with Gasteiger partial charge >= 0.3 is 0 Å². The lowest BCUT2D eigenvalue weighted by atomic mass is 9.99. The van der Waals surface area contributed by atoms with Gasteiger partial charge in [0.1, 0.15) is 0 Å². The molecule has 2 atom stereocenters. The number of hydrogen-bond acceptors (Lipinski definition) is 4. The molecule has 1 saturated carbocycles. The summed E-state index contributed by atoms with van der Waals surface area (Å²) in [5, 5.41) is 1.16. The molecule has 0 aliphatic heterocycles. The van der Waals surface area contributed by atoms with Crippen LogP contribution in [0.5, 0.6) is 0 Å². The van der Waals surface area contributed by atoms with Gasteiger partial charge in [0.25, 0.3) is 0 Å². The SMILES string of the molecule is NC(=O)C1(N)CCC(Sc2nc3ccccc3[nH]2)C1. The molecule has 6 heteroatoms. The Morgan fingerprint density at radius 2 is 2.26 bits per heavy atom. The Kier molecular flexibility index (Phi) is 2.99. The van der Waals surface area contributed by atoms with Crippen LogP contribution in [0.25, 0.3) is 11.0 Å². The minimum absolute atomic E-state index is 0.290. The molecule has 3 rings (SSSR count). The monoisotopic (exact) mass is 276 g/mol. The second kappa shape index (κ2) is 4.54. The molecular weight excluding hydrogens is 260 g/mol. The Balaban J connectivity index is 1.74. The second-order valence-corrected chi connectivity index (χ2v) is 6.35. The minimum Gasteiger partial charge on any atom is -0.368 e. The van der Waals surface area contributed by atoms with E-state index in [-0.39, 0.29) is 5.25 Å². The highest BCUT2D eigenvalue weighted by atomic mass is 32.2. The zero-order chi connectivity index (χ0) is 13.5. The molecule has 0 radical (unpaired) electrons. The maximum atomic E-state index is 11.3. The van der Waals surface area contributed by atoms with Gasteiger partial charge in [-0.3, -0.25) is 4.79 Å². The van der Waals surface area contributed by atoms with Crippen molar-refractivity contribution in [3.63, 3.8) is 0 Å². The predicted octanol–water partition coefficient (Wildman–Crippen LogP) is 1.39. The Labute approximate surface area is 115 Å². The van der Waals surface area contributed by atoms with Gasteiger partial charge in [-0.1, -0.05) is 23.9 Å². The van der Waals surface area contributed by atoms with Gasteiger partial charge in [0.05, 0.1) is 16.6 Å². The summed E-state index contributed by atoms with van der Waals surface area (Å²) in [4.78, 5) is 19.1. The number of primary amides is 1. The molecule has 0 saturated heterocycles. The third-order valence-corrected chi connectivity index (χ3v) is 4.79. The summed E-state index contributed by atoms with van der Waals surface area (Å²) >= 11 is 1.64. The van der Waals surface area contributed by atoms with E-state index in [0.29, 0.717) is 12.8 Å². The molecule has 2 aromatic rings. The second-order valence-electron chi connectivity index (χ2n) is 5.06. The topological polar surface area (TPSA) is 97.8 Å². The first-order chi connectivity index (χ1) is 9.07. The summed E-state index contributed by atoms with van der Waals surface area (Å²) in [6.45, 7) is 0. The zero-order valence-electron chi connectivity index (χ0n) is 10.4. The average Bonchev–Trinajstić information content (AvgIpc) is 2.93. The maximum absolute atomic E-state index is 11.3. The number of carbonyl (C=O) groups excluding carboxylic acids is 1. The van der Waals surface area contributed by atoms with Crippen molar-refractivity contribution in [3.8, 4) is 0 Å². The Bertz CT molecular complexity index is 593. The number of carbonyl (C=O) groups is 1. The quantitative estimate of drug-likeness (QED) is 0.789. The summed E-state index contributed by atoms with van der Waals surface area (Å²) in [5.41, 5.74) is 12.5. The molecule has 1 fully saturated rings. The molecule has 100 valence electrons. The summed E-state index contributed by atoms with van der Waals surface area (Å²) in [7, 11) is 0. The molecule has 1 aromatic heterocycles. The standard InChI is InChI=1S/C13H16N4OS/c14-11(18)13(15)6-5-8(7-13)19-12-16-9-3-1-2-4-10(9)17-12/h1-4,8H,5-7,15H2,(H2,14,18)(H,16,17). The molecule has 5 nitrogen and oxygen atoms in total. The van der Waals surface area contributed by atoms with Crippen LogP contribution in [0.2, 0.25) is 0 Å². The first-order valence-corrected chi connectivity index (χ1v) is 7.15. The first-order valence-electron chi connectivity index (χ1n) is 6.27. The smallest absolute Gasteiger partial charge is 0.237 e. The van der Waals surface area contributed by atoms with E-state index in [9.17, 15) is 4.79 Å². The molecule has 19 heavy (non-hydrogen) atoms. The number of amides is 1. The van der Waals surface area contributed by atoms with Crippen molar-refractivity contribution in [1.29, 1.82) is 0 Å². The molecule has 0 spiro atoms. The number of fused-ring (bicyclic) bond motifs is 1. The largest absolute Gasteiger partial charge is 0.368 e. The number of imidazole rings is 1. The van der Waals surface area contributed by atoms with E-state index in [0.717, 1.165) is 22.6 Å². The maximum Gasteiger partial charge on any atom is 0.237 e. The number of rotatable bonds is 3. The number of nitrogens with two attached hydrogens (primary N) is 2. The van der Waals surface area contributed by atoms with Crippen LogP contribution >= 0.6 is 11.8 Å². The lowest BCUT2D eigenvalue weighted by Crippen LogP contribution is -2.50. The van der Waals surface area contributed by atoms with Crippen molar-refractivity contribution < 1.29 is 4.79 Å². The summed E-state index contributed by atoms with van der Waals surface area (Å²) in [6.07, 6.45) is 2.16. The molecule has 0 bridgehead atoms. The third kappa shape index (κ3) is 2.33. The lowest BCUT2D eigenvalue weighted by Gasteiger charge is -2.18. The van der Waals surface area contributed by atoms with Crippen molar-refractivity contribution in [1.82, 2.24) is 9.97 Å². The number of para-hydroxylation sites is 2. The number of aromatic amines is 1. The van der Waals surface area contributed by atoms with Gasteiger partial charge in [0.2, 0.25) is 5.91 Å². The van der Waals surface area contributed by atoms with Gasteiger partial charge in [-0.2, -0.15) is 0 Å². The molecule has 1 aliphatic rings. The normalized spacial score (nSPS) is 26.9. The fraction of sp³-hybridized carbons (Fsp3) is 0.385. The van der Waals surface area contributed by atoms with Gasteiger partial charge in [-0.05, 0) is 31.4 Å². The third-order valence-electron chi connectivity index (χ3n) is 3.64. The number of H-pyrrole nitrogens is 1. The van der Waals surface area contributed by atoms with Gasteiger partial charge in [-0.25, -0.2) is 4.98 Å². The van der Waals surface area contributed by atoms with E-state index < -0.39 is 11.4 Å². The molecule has 2 unspecified atom stereocenters. The summed E-state index contributed by atoms with van der Waals surface area (Å²) < 4.78 is 0. The van der Waals surface area contributed by atoms with E-state index in [1.165, 1.54) is 0 Å². The number of hydrogen-bond donors (Lipinski definition) is 3. The van der Waals surface area contributed by atoms with Crippen molar-refractivity contribution in [2.24, 2.45) is 11.5 Å². The molecular formula is C13H16N4OS. The highest BCUT2D eigenvalue weighted by Crippen LogP contribution is 2.38. The van der Waals surface area contributed by atoms with Crippen LogP contribution in [0.3, 0.4) is 0 Å². The van der Waals surface area contributed by atoms with E-state index in [2.05, 4.69) is 9.97 Å². The first kappa shape index (κ1) is 12.5. The Morgan fingerprint density at radius 3 is 2.95 bits per heavy atom. The van der Waals surface area contributed by atoms with Gasteiger partial charge in [-0.15, -0.1) is 0 Å². The minimum atomic E-state index is -0.844. The van der Waals surface area contributed by atoms with Crippen LogP contribution in [0, 0.1) is 0 Å². The van der Waals surface area contributed by atoms with Crippen LogP contribution in [0.1, 0.15) is 19.3 Å². The zero-order valence-corrected chi connectivity index (χ0v) is 11.2. The van der Waals surface area contributed by atoms with Crippen LogP contribution in [0.4, 0.5) is 0 Å². The lowest BCUT2D eigenvalue weighted by molar-refractivity contribution is -0.122. The molecule has 1 aromatic carbocycles. The Morgan fingerprint density at radius 1 is 1.47 bits per heavy atom. The molecule has 1 amide bonds. The van der Waals surface area contributed by atoms with Crippen molar-refractivity contribution in [3.05, 3.63) is 24.3 Å². The van der Waals surface area contributed by atoms with Crippen molar-refractivity contribution in [2.45, 2.75) is 35.2 Å². The summed E-state index contributed by atoms with van der Waals surface area (Å²) in [5.74, 6) is -0.403. The van der Waals surface area contributed by atoms with Crippen LogP contribution < -0.4 is 11.5 Å². The number of nitrogens with zero attached hydrogens (tertiary/aromatic N) is 1. The van der Waals surface area contributed by atoms with Gasteiger partial charge in [0, 0.05) is 5.25 Å². The van der Waals surface area contributed by atoms with Gasteiger partial charge < -0.3 is 16.5 Å². The highest BCUT2D eigenvalue weighted by Gasteiger charge is 2.41. The molecule has 1 heterocycles. The number of benzene rings is 1. The van der Waals surface area contributed by atoms with E-state index in [1.54, 1.807) is 11.8 Å². The van der Waals surface area contributed by atoms with Crippen molar-refractivity contribution in [2.75, 3.05) is 0 Å². The van der Waals surface area contributed by atoms with Crippen molar-refractivity contribution >= 4 is 28.7 Å². The molecule has 1 aliphatic carbocycles. The highest BCUT2D eigenvalue weighted by molar-refractivity contribution is 7.99. The number of aromatic nitrogens is 2. The number of nitrogens with one attached hydrogen (secondary N) is 1. The number of thioether (sulfide) groups is 1. The van der Waals surface area contributed by atoms with Crippen LogP contribution in [-0.2, 0) is 4.79 Å². The fourth-order valence-corrected chi connectivity index (χ4v) is 3.75. The fourth-order valence-electron chi connectivity index (χ4n) is 2.50. The van der Waals surface area contributed by atoms with Crippen LogP contribution in [0.15, 0.2) is 29.4 Å². The average molecular weight is 276 g/mol. The van der Waals surface area contributed by atoms with Crippen LogP contribution in [-0.4, -0.2) is 26.7 Å². The van der Waals surface area contributed by atoms with Gasteiger partial charge in [0.15, 0.2) is 5.16 Å². The molecule has 5 N–H and O–H groups in total. The van der Waals surface area contributed by atoms with E-state index >= 15 is 0 Å².